The molecule has 1 saturated carbocycles. The number of amides is 1. The van der Waals surface area contributed by atoms with Gasteiger partial charge in [-0.05, 0) is 55.9 Å². The first-order valence-electron chi connectivity index (χ1n) is 9.58. The van der Waals surface area contributed by atoms with E-state index in [-0.39, 0.29) is 30.9 Å². The summed E-state index contributed by atoms with van der Waals surface area (Å²) in [6, 6.07) is 6.83. The van der Waals surface area contributed by atoms with Crippen LogP contribution < -0.4 is 4.74 Å². The SMILES string of the molecule is CCC(=O)c1ccc(OCC(=O)OCC(=O)N(C)C2CCC(C)CC2)cc1. The number of carbonyl (C=O) groups is 3. The van der Waals surface area contributed by atoms with Crippen molar-refractivity contribution in [1.29, 1.82) is 0 Å². The van der Waals surface area contributed by atoms with Gasteiger partial charge in [0.15, 0.2) is 19.0 Å². The average Bonchev–Trinajstić information content (AvgIpc) is 2.70. The summed E-state index contributed by atoms with van der Waals surface area (Å²) in [4.78, 5) is 37.3. The number of rotatable bonds is 8. The minimum atomic E-state index is -0.595. The number of Topliss-reactive ketones (excluding diaryl/α,β-unsaturated/α-hetero) is 1. The monoisotopic (exact) mass is 375 g/mol. The van der Waals surface area contributed by atoms with Crippen molar-refractivity contribution in [3.63, 3.8) is 0 Å². The number of benzene rings is 1. The molecule has 6 nitrogen and oxygen atoms in total. The van der Waals surface area contributed by atoms with Crippen LogP contribution in [0.25, 0.3) is 0 Å². The van der Waals surface area contributed by atoms with Gasteiger partial charge in [0, 0.05) is 25.1 Å². The van der Waals surface area contributed by atoms with E-state index >= 15 is 0 Å². The Morgan fingerprint density at radius 3 is 2.26 bits per heavy atom. The molecule has 148 valence electrons. The third-order valence-electron chi connectivity index (χ3n) is 5.14. The lowest BCUT2D eigenvalue weighted by Gasteiger charge is -2.33. The van der Waals surface area contributed by atoms with E-state index in [1.807, 2.05) is 0 Å². The molecule has 0 bridgehead atoms. The Hall–Kier alpha value is -2.37. The van der Waals surface area contributed by atoms with Crippen LogP contribution in [0.3, 0.4) is 0 Å². The lowest BCUT2D eigenvalue weighted by Crippen LogP contribution is -2.41. The fourth-order valence-electron chi connectivity index (χ4n) is 3.20. The van der Waals surface area contributed by atoms with Crippen LogP contribution in [0.15, 0.2) is 24.3 Å². The number of hydrogen-bond donors (Lipinski definition) is 0. The van der Waals surface area contributed by atoms with E-state index in [2.05, 4.69) is 6.92 Å². The normalized spacial score (nSPS) is 19.2. The van der Waals surface area contributed by atoms with E-state index in [4.69, 9.17) is 9.47 Å². The summed E-state index contributed by atoms with van der Waals surface area (Å²) in [5.74, 6) is 0.456. The molecule has 0 aliphatic heterocycles. The highest BCUT2D eigenvalue weighted by atomic mass is 16.6. The van der Waals surface area contributed by atoms with Crippen LogP contribution in [-0.2, 0) is 14.3 Å². The molecule has 0 unspecified atom stereocenters. The number of likely N-dealkylation sites (N-methyl/N-ethyl adjacent to an activating group) is 1. The van der Waals surface area contributed by atoms with E-state index in [1.54, 1.807) is 43.1 Å². The number of ketones is 1. The average molecular weight is 375 g/mol. The summed E-state index contributed by atoms with van der Waals surface area (Å²) in [5.41, 5.74) is 0.609. The molecule has 1 fully saturated rings. The minimum absolute atomic E-state index is 0.0519. The maximum atomic E-state index is 12.2. The van der Waals surface area contributed by atoms with Crippen LogP contribution >= 0.6 is 0 Å². The summed E-state index contributed by atoms with van der Waals surface area (Å²) >= 11 is 0. The Morgan fingerprint density at radius 1 is 1.04 bits per heavy atom. The van der Waals surface area contributed by atoms with E-state index in [9.17, 15) is 14.4 Å². The molecule has 0 spiro atoms. The molecule has 0 saturated heterocycles. The van der Waals surface area contributed by atoms with Gasteiger partial charge in [-0.15, -0.1) is 0 Å². The first-order valence-corrected chi connectivity index (χ1v) is 9.58. The van der Waals surface area contributed by atoms with Gasteiger partial charge in [-0.1, -0.05) is 13.8 Å². The van der Waals surface area contributed by atoms with Gasteiger partial charge in [0.2, 0.25) is 0 Å². The molecule has 1 aromatic rings. The Labute approximate surface area is 160 Å². The second-order valence-corrected chi connectivity index (χ2v) is 7.17. The maximum Gasteiger partial charge on any atom is 0.344 e. The van der Waals surface area contributed by atoms with Gasteiger partial charge in [0.25, 0.3) is 5.91 Å². The summed E-state index contributed by atoms with van der Waals surface area (Å²) in [7, 11) is 1.77. The Morgan fingerprint density at radius 2 is 1.67 bits per heavy atom. The maximum absolute atomic E-state index is 12.2. The lowest BCUT2D eigenvalue weighted by atomic mass is 9.87. The molecule has 0 radical (unpaired) electrons. The number of nitrogens with zero attached hydrogens (tertiary/aromatic N) is 1. The van der Waals surface area contributed by atoms with Crippen LogP contribution in [0.5, 0.6) is 5.75 Å². The van der Waals surface area contributed by atoms with E-state index < -0.39 is 5.97 Å². The van der Waals surface area contributed by atoms with Crippen LogP contribution in [0.1, 0.15) is 56.3 Å². The van der Waals surface area contributed by atoms with Crippen LogP contribution in [0.4, 0.5) is 0 Å². The van der Waals surface area contributed by atoms with Crippen molar-refractivity contribution < 1.29 is 23.9 Å². The molecule has 1 amide bonds. The molecule has 0 aromatic heterocycles. The zero-order valence-corrected chi connectivity index (χ0v) is 16.4. The molecule has 6 heteroatoms. The van der Waals surface area contributed by atoms with Crippen molar-refractivity contribution in [3.05, 3.63) is 29.8 Å². The van der Waals surface area contributed by atoms with Gasteiger partial charge in [-0.3, -0.25) is 9.59 Å². The highest BCUT2D eigenvalue weighted by Crippen LogP contribution is 2.26. The number of ether oxygens (including phenoxy) is 2. The molecule has 0 atom stereocenters. The summed E-state index contributed by atoms with van der Waals surface area (Å²) < 4.78 is 10.4. The predicted molar refractivity (Wildman–Crippen MR) is 102 cm³/mol. The van der Waals surface area contributed by atoms with Crippen LogP contribution in [-0.4, -0.2) is 48.9 Å². The third-order valence-corrected chi connectivity index (χ3v) is 5.14. The molecule has 0 heterocycles. The van der Waals surface area contributed by atoms with Gasteiger partial charge < -0.3 is 14.4 Å². The van der Waals surface area contributed by atoms with Gasteiger partial charge in [0.1, 0.15) is 5.75 Å². The fourth-order valence-corrected chi connectivity index (χ4v) is 3.20. The van der Waals surface area contributed by atoms with Crippen molar-refractivity contribution in [2.24, 2.45) is 5.92 Å². The Bertz CT molecular complexity index is 647. The molecule has 27 heavy (non-hydrogen) atoms. The zero-order valence-electron chi connectivity index (χ0n) is 16.4. The topological polar surface area (TPSA) is 72.9 Å². The molecule has 0 N–H and O–H groups in total. The van der Waals surface area contributed by atoms with Crippen molar-refractivity contribution in [2.45, 2.75) is 52.0 Å². The first kappa shape index (κ1) is 20.9. The van der Waals surface area contributed by atoms with Crippen LogP contribution in [0.2, 0.25) is 0 Å². The summed E-state index contributed by atoms with van der Waals surface area (Å²) in [6.07, 6.45) is 4.68. The van der Waals surface area contributed by atoms with Gasteiger partial charge in [-0.2, -0.15) is 0 Å². The number of carbonyl (C=O) groups excluding carboxylic acids is 3. The predicted octanol–water partition coefficient (Wildman–Crippen LogP) is 3.24. The number of esters is 1. The Balaban J connectivity index is 1.71. The lowest BCUT2D eigenvalue weighted by molar-refractivity contribution is -0.154. The minimum Gasteiger partial charge on any atom is -0.482 e. The standard InChI is InChI=1S/C21H29NO5/c1-4-19(23)16-7-11-18(12-8-16)26-14-21(25)27-13-20(24)22(3)17-9-5-15(2)6-10-17/h7-8,11-12,15,17H,4-6,9-10,13-14H2,1-3H3. The second-order valence-electron chi connectivity index (χ2n) is 7.17. The van der Waals surface area contributed by atoms with Crippen molar-refractivity contribution >= 4 is 17.7 Å². The Kier molecular flexibility index (Phi) is 7.82. The molecule has 1 aliphatic rings. The van der Waals surface area contributed by atoms with Gasteiger partial charge >= 0.3 is 5.97 Å². The van der Waals surface area contributed by atoms with Crippen molar-refractivity contribution in [1.82, 2.24) is 4.90 Å². The highest BCUT2D eigenvalue weighted by molar-refractivity contribution is 5.95. The fraction of sp³-hybridized carbons (Fsp3) is 0.571. The van der Waals surface area contributed by atoms with E-state index in [0.717, 1.165) is 25.7 Å². The highest BCUT2D eigenvalue weighted by Gasteiger charge is 2.25. The largest absolute Gasteiger partial charge is 0.482 e. The summed E-state index contributed by atoms with van der Waals surface area (Å²) in [6.45, 7) is 3.49. The van der Waals surface area contributed by atoms with Crippen molar-refractivity contribution in [3.8, 4) is 5.75 Å². The smallest absolute Gasteiger partial charge is 0.344 e. The molecule has 2 rings (SSSR count). The zero-order chi connectivity index (χ0) is 19.8. The van der Waals surface area contributed by atoms with Gasteiger partial charge in [-0.25, -0.2) is 4.79 Å². The van der Waals surface area contributed by atoms with Gasteiger partial charge in [0.05, 0.1) is 0 Å². The molecule has 1 aromatic carbocycles. The third kappa shape index (κ3) is 6.38. The van der Waals surface area contributed by atoms with Crippen molar-refractivity contribution in [2.75, 3.05) is 20.3 Å². The molecule has 1 aliphatic carbocycles. The first-order chi connectivity index (χ1) is 12.9. The number of hydrogen-bond acceptors (Lipinski definition) is 5. The molecular formula is C21H29NO5. The quantitative estimate of drug-likeness (QED) is 0.515. The van der Waals surface area contributed by atoms with E-state index in [1.165, 1.54) is 0 Å². The van der Waals surface area contributed by atoms with E-state index in [0.29, 0.717) is 23.7 Å². The second kappa shape index (κ2) is 10.1. The summed E-state index contributed by atoms with van der Waals surface area (Å²) in [5, 5.41) is 0. The van der Waals surface area contributed by atoms with Crippen LogP contribution in [0, 0.1) is 5.92 Å². The molecular weight excluding hydrogens is 346 g/mol.